The van der Waals surface area contributed by atoms with E-state index in [9.17, 15) is 4.79 Å². The summed E-state index contributed by atoms with van der Waals surface area (Å²) in [5.41, 5.74) is 2.90. The normalized spacial score (nSPS) is 22.6. The van der Waals surface area contributed by atoms with Crippen molar-refractivity contribution in [3.05, 3.63) is 85.2 Å². The molecule has 1 aromatic carbocycles. The predicted molar refractivity (Wildman–Crippen MR) is 122 cm³/mol. The minimum atomic E-state index is -0.0942. The Labute approximate surface area is 182 Å². The van der Waals surface area contributed by atoms with Crippen LogP contribution < -0.4 is 0 Å². The average Bonchev–Trinajstić information content (AvgIpc) is 3.48. The third-order valence-electron chi connectivity index (χ3n) is 5.48. The van der Waals surface area contributed by atoms with Gasteiger partial charge in [-0.1, -0.05) is 29.8 Å². The van der Waals surface area contributed by atoms with Gasteiger partial charge in [0.1, 0.15) is 0 Å². The third-order valence-corrected chi connectivity index (χ3v) is 7.47. The summed E-state index contributed by atoms with van der Waals surface area (Å²) in [7, 11) is 0. The molecular formula is C23H19ClN2OS2. The molecule has 1 aliphatic carbocycles. The Hall–Kier alpha value is -2.21. The van der Waals surface area contributed by atoms with Crippen LogP contribution in [0.15, 0.2) is 70.0 Å². The second-order valence-electron chi connectivity index (χ2n) is 7.29. The van der Waals surface area contributed by atoms with E-state index in [-0.39, 0.29) is 17.9 Å². The van der Waals surface area contributed by atoms with Crippen LogP contribution in [0, 0.1) is 5.92 Å². The summed E-state index contributed by atoms with van der Waals surface area (Å²) >= 11 is 9.57. The first-order valence-electron chi connectivity index (χ1n) is 9.66. The van der Waals surface area contributed by atoms with Gasteiger partial charge in [-0.15, -0.1) is 22.7 Å². The quantitative estimate of drug-likeness (QED) is 0.437. The summed E-state index contributed by atoms with van der Waals surface area (Å²) in [5.74, 6) is 0.139. The molecule has 0 radical (unpaired) electrons. The number of carbonyl (C=O) groups excluding carboxylic acids is 1. The van der Waals surface area contributed by atoms with Gasteiger partial charge < -0.3 is 0 Å². The lowest BCUT2D eigenvalue weighted by molar-refractivity contribution is 0.0684. The van der Waals surface area contributed by atoms with Crippen molar-refractivity contribution >= 4 is 52.0 Å². The van der Waals surface area contributed by atoms with Gasteiger partial charge in [0.25, 0.3) is 5.91 Å². The highest BCUT2D eigenvalue weighted by atomic mass is 35.5. The number of rotatable bonds is 3. The standard InChI is InChI=1S/C23H19ClN2OS2/c24-17-7-1-6-16(13-17)23(27)26-22(20-10-4-12-29-20)19-9-2-5-15(21(19)25-26)14-18-8-3-11-28-18/h1,3-4,6-8,10-14,19,22H,2,5,9H2/b15-14-/t19-,22+/m1/s1. The van der Waals surface area contributed by atoms with Gasteiger partial charge in [0, 0.05) is 26.3 Å². The van der Waals surface area contributed by atoms with Crippen LogP contribution in [0.2, 0.25) is 5.02 Å². The molecule has 2 aliphatic rings. The summed E-state index contributed by atoms with van der Waals surface area (Å²) in [6, 6.07) is 15.4. The van der Waals surface area contributed by atoms with Gasteiger partial charge in [-0.25, -0.2) is 5.01 Å². The number of thiophene rings is 2. The van der Waals surface area contributed by atoms with E-state index in [0.29, 0.717) is 10.6 Å². The van der Waals surface area contributed by atoms with E-state index in [4.69, 9.17) is 16.7 Å². The Balaban J connectivity index is 1.57. The minimum Gasteiger partial charge on any atom is -0.267 e. The van der Waals surface area contributed by atoms with Crippen molar-refractivity contribution in [1.29, 1.82) is 0 Å². The maximum Gasteiger partial charge on any atom is 0.274 e. The fourth-order valence-corrected chi connectivity index (χ4v) is 5.95. The molecule has 1 fully saturated rings. The van der Waals surface area contributed by atoms with Crippen LogP contribution in [0.3, 0.4) is 0 Å². The molecule has 0 saturated heterocycles. The van der Waals surface area contributed by atoms with E-state index in [0.717, 1.165) is 25.0 Å². The second-order valence-corrected chi connectivity index (χ2v) is 9.68. The molecule has 1 amide bonds. The zero-order chi connectivity index (χ0) is 19.8. The molecule has 3 nitrogen and oxygen atoms in total. The smallest absolute Gasteiger partial charge is 0.267 e. The molecular weight excluding hydrogens is 420 g/mol. The Morgan fingerprint density at radius 3 is 2.76 bits per heavy atom. The van der Waals surface area contributed by atoms with Gasteiger partial charge >= 0.3 is 0 Å². The molecule has 6 heteroatoms. The fourth-order valence-electron chi connectivity index (χ4n) is 4.20. The van der Waals surface area contributed by atoms with Crippen molar-refractivity contribution in [2.24, 2.45) is 11.0 Å². The molecule has 5 rings (SSSR count). The minimum absolute atomic E-state index is 0.0523. The first-order valence-corrected chi connectivity index (χ1v) is 11.8. The van der Waals surface area contributed by atoms with Crippen LogP contribution in [-0.2, 0) is 0 Å². The highest BCUT2D eigenvalue weighted by Gasteiger charge is 2.44. The van der Waals surface area contributed by atoms with Crippen LogP contribution in [0.1, 0.15) is 45.4 Å². The van der Waals surface area contributed by atoms with Crippen molar-refractivity contribution in [3.63, 3.8) is 0 Å². The van der Waals surface area contributed by atoms with Crippen LogP contribution >= 0.6 is 34.3 Å². The van der Waals surface area contributed by atoms with Gasteiger partial charge in [0.2, 0.25) is 0 Å². The van der Waals surface area contributed by atoms with E-state index in [1.165, 1.54) is 15.3 Å². The maximum atomic E-state index is 13.4. The third kappa shape index (κ3) is 3.59. The summed E-state index contributed by atoms with van der Waals surface area (Å²) in [5, 5.41) is 11.3. The van der Waals surface area contributed by atoms with Crippen molar-refractivity contribution in [1.82, 2.24) is 5.01 Å². The topological polar surface area (TPSA) is 32.7 Å². The predicted octanol–water partition coefficient (Wildman–Crippen LogP) is 6.90. The summed E-state index contributed by atoms with van der Waals surface area (Å²) in [6.45, 7) is 0. The fraction of sp³-hybridized carbons (Fsp3) is 0.217. The average molecular weight is 439 g/mol. The number of hydrogen-bond donors (Lipinski definition) is 0. The lowest BCUT2D eigenvalue weighted by Crippen LogP contribution is -2.31. The highest BCUT2D eigenvalue weighted by molar-refractivity contribution is 7.11. The first-order chi connectivity index (χ1) is 14.2. The van der Waals surface area contributed by atoms with E-state index in [1.807, 2.05) is 18.2 Å². The van der Waals surface area contributed by atoms with Crippen molar-refractivity contribution in [2.45, 2.75) is 25.3 Å². The lowest BCUT2D eigenvalue weighted by atomic mass is 9.79. The zero-order valence-corrected chi connectivity index (χ0v) is 18.0. The molecule has 2 aromatic heterocycles. The summed E-state index contributed by atoms with van der Waals surface area (Å²) in [6.07, 6.45) is 5.41. The molecule has 29 heavy (non-hydrogen) atoms. The van der Waals surface area contributed by atoms with Gasteiger partial charge in [-0.2, -0.15) is 5.10 Å². The van der Waals surface area contributed by atoms with Crippen LogP contribution in [-0.4, -0.2) is 16.6 Å². The molecule has 0 spiro atoms. The van der Waals surface area contributed by atoms with Gasteiger partial charge in [0.15, 0.2) is 0 Å². The highest BCUT2D eigenvalue weighted by Crippen LogP contribution is 2.46. The van der Waals surface area contributed by atoms with Crippen molar-refractivity contribution in [3.8, 4) is 0 Å². The SMILES string of the molecule is O=C(c1cccc(Cl)c1)N1N=C2/C(=C\c3cccs3)CCC[C@H]2[C@H]1c1cccs1. The van der Waals surface area contributed by atoms with Crippen molar-refractivity contribution in [2.75, 3.05) is 0 Å². The zero-order valence-electron chi connectivity index (χ0n) is 15.6. The van der Waals surface area contributed by atoms with Gasteiger partial charge in [-0.05, 0) is 72.0 Å². The molecule has 2 atom stereocenters. The molecule has 0 bridgehead atoms. The molecule has 3 aromatic rings. The van der Waals surface area contributed by atoms with E-state index in [1.54, 1.807) is 39.8 Å². The van der Waals surface area contributed by atoms with Gasteiger partial charge in [-0.3, -0.25) is 4.79 Å². The number of hydrogen-bond acceptors (Lipinski definition) is 4. The Morgan fingerprint density at radius 2 is 2.00 bits per heavy atom. The number of carbonyl (C=O) groups is 1. The number of hydrazone groups is 1. The summed E-state index contributed by atoms with van der Waals surface area (Å²) in [4.78, 5) is 15.8. The Bertz CT molecular complexity index is 1090. The molecule has 3 heterocycles. The van der Waals surface area contributed by atoms with Gasteiger partial charge in [0.05, 0.1) is 11.8 Å². The number of benzene rings is 1. The lowest BCUT2D eigenvalue weighted by Gasteiger charge is -2.28. The number of amides is 1. The maximum absolute atomic E-state index is 13.4. The van der Waals surface area contributed by atoms with Crippen LogP contribution in [0.25, 0.3) is 6.08 Å². The second kappa shape index (κ2) is 7.90. The first kappa shape index (κ1) is 18.8. The van der Waals surface area contributed by atoms with E-state index < -0.39 is 0 Å². The molecule has 1 saturated carbocycles. The van der Waals surface area contributed by atoms with E-state index >= 15 is 0 Å². The summed E-state index contributed by atoms with van der Waals surface area (Å²) < 4.78 is 0. The van der Waals surface area contributed by atoms with Crippen LogP contribution in [0.5, 0.6) is 0 Å². The molecule has 0 unspecified atom stereocenters. The van der Waals surface area contributed by atoms with E-state index in [2.05, 4.69) is 35.0 Å². The Kier molecular flexibility index (Phi) is 5.12. The molecule has 0 N–H and O–H groups in total. The number of halogens is 1. The largest absolute Gasteiger partial charge is 0.274 e. The monoisotopic (exact) mass is 438 g/mol. The number of nitrogens with zero attached hydrogens (tertiary/aromatic N) is 2. The Morgan fingerprint density at radius 1 is 1.14 bits per heavy atom. The number of fused-ring (bicyclic) bond motifs is 1. The molecule has 146 valence electrons. The van der Waals surface area contributed by atoms with Crippen molar-refractivity contribution < 1.29 is 4.79 Å². The number of allylic oxidation sites excluding steroid dienone is 1. The molecule has 1 aliphatic heterocycles. The van der Waals surface area contributed by atoms with Crippen LogP contribution in [0.4, 0.5) is 0 Å².